The third-order valence-electron chi connectivity index (χ3n) is 3.13. The third-order valence-corrected chi connectivity index (χ3v) is 4.43. The summed E-state index contributed by atoms with van der Waals surface area (Å²) in [6, 6.07) is 17.5. The zero-order valence-corrected chi connectivity index (χ0v) is 12.7. The normalized spacial score (nSPS) is 11.6. The summed E-state index contributed by atoms with van der Waals surface area (Å²) in [5, 5.41) is 0. The minimum absolute atomic E-state index is 0.633. The number of amides is 1. The molecule has 0 unspecified atom stereocenters. The van der Waals surface area contributed by atoms with Crippen LogP contribution in [0.3, 0.4) is 0 Å². The fourth-order valence-electron chi connectivity index (χ4n) is 2.17. The van der Waals surface area contributed by atoms with Crippen molar-refractivity contribution >= 4 is 16.4 Å². The van der Waals surface area contributed by atoms with Gasteiger partial charge in [0.25, 0.3) is 0 Å². The summed E-state index contributed by atoms with van der Waals surface area (Å²) in [5.41, 5.74) is 6.31. The maximum Gasteiger partial charge on any atom is 0.421 e. The molecule has 0 heterocycles. The minimum Gasteiger partial charge on any atom is -0.334 e. The molecule has 2 rings (SSSR count). The van der Waals surface area contributed by atoms with Crippen molar-refractivity contribution in [2.24, 2.45) is 5.73 Å². The second kappa shape index (κ2) is 6.59. The lowest BCUT2D eigenvalue weighted by Gasteiger charge is -2.27. The summed E-state index contributed by atoms with van der Waals surface area (Å²) in [4.78, 5) is 10.8. The molecule has 0 aliphatic carbocycles. The van der Waals surface area contributed by atoms with E-state index in [1.54, 1.807) is 48.5 Å². The van der Waals surface area contributed by atoms with E-state index in [9.17, 15) is 13.2 Å². The van der Waals surface area contributed by atoms with E-state index in [0.29, 0.717) is 0 Å². The first-order valence-corrected chi connectivity index (χ1v) is 7.85. The molecule has 0 bridgehead atoms. The number of carbonyl (C=O) groups is 1. The van der Waals surface area contributed by atoms with Gasteiger partial charge in [-0.3, -0.25) is 0 Å². The van der Waals surface area contributed by atoms with Crippen LogP contribution in [-0.4, -0.2) is 25.9 Å². The Morgan fingerprint density at radius 3 is 1.77 bits per heavy atom. The molecule has 0 aliphatic rings. The number of primary amides is 1. The van der Waals surface area contributed by atoms with Crippen LogP contribution in [0.4, 0.5) is 4.79 Å². The van der Waals surface area contributed by atoms with Gasteiger partial charge in [0.15, 0.2) is 0 Å². The van der Waals surface area contributed by atoms with Gasteiger partial charge in [0, 0.05) is 7.05 Å². The fourth-order valence-corrected chi connectivity index (χ4v) is 3.00. The molecule has 2 aromatic carbocycles. The molecule has 116 valence electrons. The predicted octanol–water partition coefficient (Wildman–Crippen LogP) is 2.05. The molecule has 22 heavy (non-hydrogen) atoms. The standard InChI is InChI=1S/C15H16N2O4S/c1-17(22(19,20)21-15(16)18)14(12-8-4-2-5-9-12)13-10-6-3-7-11-13/h2-11,14H,1H3,(H2,16,18). The Bertz CT molecular complexity index is 693. The predicted molar refractivity (Wildman–Crippen MR) is 82.1 cm³/mol. The van der Waals surface area contributed by atoms with E-state index in [-0.39, 0.29) is 0 Å². The van der Waals surface area contributed by atoms with Crippen LogP contribution in [0.2, 0.25) is 0 Å². The van der Waals surface area contributed by atoms with E-state index in [0.717, 1.165) is 15.4 Å². The van der Waals surface area contributed by atoms with Gasteiger partial charge in [-0.1, -0.05) is 60.7 Å². The zero-order valence-electron chi connectivity index (χ0n) is 11.9. The van der Waals surface area contributed by atoms with Crippen LogP contribution >= 0.6 is 0 Å². The van der Waals surface area contributed by atoms with Crippen LogP contribution in [-0.2, 0) is 14.5 Å². The van der Waals surface area contributed by atoms with Gasteiger partial charge in [-0.15, -0.1) is 0 Å². The summed E-state index contributed by atoms with van der Waals surface area (Å²) in [6.07, 6.45) is -1.37. The Morgan fingerprint density at radius 2 is 1.41 bits per heavy atom. The summed E-state index contributed by atoms with van der Waals surface area (Å²) in [7, 11) is -2.96. The Hall–Kier alpha value is -2.38. The molecule has 6 nitrogen and oxygen atoms in total. The highest BCUT2D eigenvalue weighted by atomic mass is 32.2. The second-order valence-corrected chi connectivity index (χ2v) is 6.20. The van der Waals surface area contributed by atoms with Crippen molar-refractivity contribution < 1.29 is 17.4 Å². The summed E-state index contributed by atoms with van der Waals surface area (Å²) >= 11 is 0. The van der Waals surface area contributed by atoms with Crippen LogP contribution in [0.15, 0.2) is 60.7 Å². The Morgan fingerprint density at radius 1 is 1.00 bits per heavy atom. The van der Waals surface area contributed by atoms with Crippen molar-refractivity contribution in [2.45, 2.75) is 6.04 Å². The number of rotatable bonds is 5. The van der Waals surface area contributed by atoms with Gasteiger partial charge in [0.2, 0.25) is 0 Å². The maximum absolute atomic E-state index is 12.1. The molecule has 2 aromatic rings. The van der Waals surface area contributed by atoms with Gasteiger partial charge >= 0.3 is 16.4 Å². The number of hydrogen-bond donors (Lipinski definition) is 1. The number of carbonyl (C=O) groups excluding carboxylic acids is 1. The van der Waals surface area contributed by atoms with Crippen molar-refractivity contribution in [1.82, 2.24) is 4.31 Å². The van der Waals surface area contributed by atoms with Crippen LogP contribution in [0, 0.1) is 0 Å². The molecule has 2 N–H and O–H groups in total. The summed E-state index contributed by atoms with van der Waals surface area (Å²) in [5.74, 6) is 0. The first-order valence-electron chi connectivity index (χ1n) is 6.48. The SMILES string of the molecule is CN(C(c1ccccc1)c1ccccc1)S(=O)(=O)OC(N)=O. The van der Waals surface area contributed by atoms with Gasteiger partial charge in [0.05, 0.1) is 6.04 Å². The van der Waals surface area contributed by atoms with Crippen molar-refractivity contribution in [3.63, 3.8) is 0 Å². The minimum atomic E-state index is -4.30. The molecule has 0 aromatic heterocycles. The molecular weight excluding hydrogens is 304 g/mol. The van der Waals surface area contributed by atoms with Gasteiger partial charge in [-0.2, -0.15) is 12.7 Å². The first-order chi connectivity index (χ1) is 10.4. The molecule has 7 heteroatoms. The van der Waals surface area contributed by atoms with Gasteiger partial charge in [0.1, 0.15) is 0 Å². The van der Waals surface area contributed by atoms with E-state index in [2.05, 4.69) is 4.18 Å². The van der Waals surface area contributed by atoms with E-state index in [1.165, 1.54) is 7.05 Å². The lowest BCUT2D eigenvalue weighted by Crippen LogP contribution is -2.35. The summed E-state index contributed by atoms with van der Waals surface area (Å²) < 4.78 is 29.5. The van der Waals surface area contributed by atoms with Crippen molar-refractivity contribution in [2.75, 3.05) is 7.05 Å². The molecule has 0 spiro atoms. The van der Waals surface area contributed by atoms with Gasteiger partial charge < -0.3 is 9.92 Å². The number of hydrogen-bond acceptors (Lipinski definition) is 4. The van der Waals surface area contributed by atoms with Crippen molar-refractivity contribution in [3.8, 4) is 0 Å². The molecular formula is C15H16N2O4S. The molecule has 0 saturated heterocycles. The average molecular weight is 320 g/mol. The number of nitrogens with zero attached hydrogens (tertiary/aromatic N) is 1. The first kappa shape index (κ1) is 16.0. The van der Waals surface area contributed by atoms with Crippen molar-refractivity contribution in [3.05, 3.63) is 71.8 Å². The van der Waals surface area contributed by atoms with E-state index in [4.69, 9.17) is 5.73 Å². The second-order valence-electron chi connectivity index (χ2n) is 4.60. The topological polar surface area (TPSA) is 89.7 Å². The van der Waals surface area contributed by atoms with Crippen molar-refractivity contribution in [1.29, 1.82) is 0 Å². The van der Waals surface area contributed by atoms with Gasteiger partial charge in [-0.25, -0.2) is 4.79 Å². The highest BCUT2D eigenvalue weighted by molar-refractivity contribution is 7.84. The highest BCUT2D eigenvalue weighted by Crippen LogP contribution is 2.29. The van der Waals surface area contributed by atoms with Crippen LogP contribution in [0.25, 0.3) is 0 Å². The largest absolute Gasteiger partial charge is 0.421 e. The number of benzene rings is 2. The van der Waals surface area contributed by atoms with Crippen LogP contribution < -0.4 is 5.73 Å². The Labute approximate surface area is 129 Å². The summed E-state index contributed by atoms with van der Waals surface area (Å²) in [6.45, 7) is 0. The lowest BCUT2D eigenvalue weighted by molar-refractivity contribution is 0.206. The Kier molecular flexibility index (Phi) is 4.79. The Balaban J connectivity index is 2.48. The smallest absolute Gasteiger partial charge is 0.334 e. The van der Waals surface area contributed by atoms with E-state index in [1.807, 2.05) is 12.1 Å². The van der Waals surface area contributed by atoms with E-state index >= 15 is 0 Å². The van der Waals surface area contributed by atoms with Crippen LogP contribution in [0.1, 0.15) is 17.2 Å². The fraction of sp³-hybridized carbons (Fsp3) is 0.133. The molecule has 0 fully saturated rings. The molecule has 0 saturated carbocycles. The quantitative estimate of drug-likeness (QED) is 0.913. The maximum atomic E-state index is 12.1. The number of nitrogens with two attached hydrogens (primary N) is 1. The monoisotopic (exact) mass is 320 g/mol. The zero-order chi connectivity index (χ0) is 16.2. The lowest BCUT2D eigenvalue weighted by atomic mass is 9.99. The molecule has 0 atom stereocenters. The highest BCUT2D eigenvalue weighted by Gasteiger charge is 2.31. The molecule has 1 amide bonds. The van der Waals surface area contributed by atoms with Gasteiger partial charge in [-0.05, 0) is 11.1 Å². The van der Waals surface area contributed by atoms with Crippen LogP contribution in [0.5, 0.6) is 0 Å². The third kappa shape index (κ3) is 3.63. The average Bonchev–Trinajstić information content (AvgIpc) is 2.48. The molecule has 0 radical (unpaired) electrons. The molecule has 0 aliphatic heterocycles. The van der Waals surface area contributed by atoms with E-state index < -0.39 is 22.4 Å².